The van der Waals surface area contributed by atoms with Crippen molar-refractivity contribution in [2.24, 2.45) is 0 Å². The summed E-state index contributed by atoms with van der Waals surface area (Å²) < 4.78 is 5.30. The summed E-state index contributed by atoms with van der Waals surface area (Å²) in [6, 6.07) is 8.90. The normalized spacial score (nSPS) is 21.9. The molecular formula is C17H26N2O2. The van der Waals surface area contributed by atoms with Crippen molar-refractivity contribution >= 4 is 11.8 Å². The topological polar surface area (TPSA) is 50.4 Å². The number of nitrogens with one attached hydrogen (secondary N) is 2. The third kappa shape index (κ3) is 4.96. The highest BCUT2D eigenvalue weighted by atomic mass is 16.6. The fourth-order valence-corrected chi connectivity index (χ4v) is 2.67. The molecule has 0 aromatic heterocycles. The predicted octanol–water partition coefficient (Wildman–Crippen LogP) is 3.85. The molecule has 0 spiro atoms. The highest BCUT2D eigenvalue weighted by molar-refractivity contribution is 5.68. The first-order valence-corrected chi connectivity index (χ1v) is 7.65. The largest absolute Gasteiger partial charge is 0.444 e. The van der Waals surface area contributed by atoms with Gasteiger partial charge in [-0.2, -0.15) is 0 Å². The maximum Gasteiger partial charge on any atom is 0.407 e. The Balaban J connectivity index is 1.81. The van der Waals surface area contributed by atoms with Crippen LogP contribution < -0.4 is 10.6 Å². The van der Waals surface area contributed by atoms with E-state index in [1.807, 2.05) is 32.9 Å². The van der Waals surface area contributed by atoms with Crippen LogP contribution in [0.25, 0.3) is 0 Å². The van der Waals surface area contributed by atoms with Crippen LogP contribution in [0, 0.1) is 6.92 Å². The Labute approximate surface area is 127 Å². The van der Waals surface area contributed by atoms with Gasteiger partial charge in [-0.15, -0.1) is 0 Å². The van der Waals surface area contributed by atoms with E-state index in [9.17, 15) is 4.79 Å². The number of anilines is 1. The quantitative estimate of drug-likeness (QED) is 0.889. The van der Waals surface area contributed by atoms with Crippen molar-refractivity contribution in [2.45, 2.75) is 64.6 Å². The molecule has 2 atom stereocenters. The maximum atomic E-state index is 11.8. The number of rotatable bonds is 3. The number of alkyl carbamates (subject to hydrolysis) is 1. The molecule has 1 aliphatic rings. The number of amides is 1. The van der Waals surface area contributed by atoms with Crippen molar-refractivity contribution in [1.29, 1.82) is 0 Å². The lowest BCUT2D eigenvalue weighted by Gasteiger charge is -2.22. The molecule has 0 heterocycles. The highest BCUT2D eigenvalue weighted by Gasteiger charge is 2.27. The van der Waals surface area contributed by atoms with Crippen LogP contribution in [0.5, 0.6) is 0 Å². The minimum absolute atomic E-state index is 0.196. The van der Waals surface area contributed by atoms with Crippen molar-refractivity contribution in [1.82, 2.24) is 5.32 Å². The van der Waals surface area contributed by atoms with Gasteiger partial charge in [0, 0.05) is 17.8 Å². The van der Waals surface area contributed by atoms with Gasteiger partial charge in [-0.25, -0.2) is 4.79 Å². The standard InChI is InChI=1S/C17H26N2O2/c1-12-7-5-6-8-15(12)18-13-9-10-14(11-13)19-16(20)21-17(2,3)4/h5-8,13-14,18H,9-11H2,1-4H3,(H,19,20). The smallest absolute Gasteiger partial charge is 0.407 e. The van der Waals surface area contributed by atoms with Crippen molar-refractivity contribution in [2.75, 3.05) is 5.32 Å². The van der Waals surface area contributed by atoms with E-state index in [-0.39, 0.29) is 12.1 Å². The fraction of sp³-hybridized carbons (Fsp3) is 0.588. The van der Waals surface area contributed by atoms with Crippen LogP contribution in [0.4, 0.5) is 10.5 Å². The third-order valence-electron chi connectivity index (χ3n) is 3.66. The molecule has 1 saturated carbocycles. The molecule has 116 valence electrons. The van der Waals surface area contributed by atoms with Crippen molar-refractivity contribution in [3.8, 4) is 0 Å². The summed E-state index contributed by atoms with van der Waals surface area (Å²) in [5, 5.41) is 6.53. The van der Waals surface area contributed by atoms with E-state index in [1.165, 1.54) is 11.3 Å². The van der Waals surface area contributed by atoms with E-state index >= 15 is 0 Å². The number of aryl methyl sites for hydroxylation is 1. The first kappa shape index (κ1) is 15.7. The molecule has 1 aliphatic carbocycles. The van der Waals surface area contributed by atoms with Crippen LogP contribution in [0.3, 0.4) is 0 Å². The van der Waals surface area contributed by atoms with E-state index in [0.29, 0.717) is 6.04 Å². The molecule has 1 aromatic carbocycles. The molecule has 0 bridgehead atoms. The summed E-state index contributed by atoms with van der Waals surface area (Å²) in [7, 11) is 0. The second-order valence-electron chi connectivity index (χ2n) is 6.81. The lowest BCUT2D eigenvalue weighted by molar-refractivity contribution is 0.0505. The van der Waals surface area contributed by atoms with Crippen LogP contribution in [-0.2, 0) is 4.74 Å². The predicted molar refractivity (Wildman–Crippen MR) is 85.6 cm³/mol. The lowest BCUT2D eigenvalue weighted by atomic mass is 10.1. The van der Waals surface area contributed by atoms with Gasteiger partial charge < -0.3 is 15.4 Å². The Hall–Kier alpha value is -1.71. The Morgan fingerprint density at radius 1 is 1.19 bits per heavy atom. The molecule has 1 amide bonds. The molecule has 0 aliphatic heterocycles. The zero-order chi connectivity index (χ0) is 15.5. The van der Waals surface area contributed by atoms with Gasteiger partial charge in [-0.1, -0.05) is 18.2 Å². The summed E-state index contributed by atoms with van der Waals surface area (Å²) >= 11 is 0. The fourth-order valence-electron chi connectivity index (χ4n) is 2.67. The summed E-state index contributed by atoms with van der Waals surface area (Å²) in [6.07, 6.45) is 2.68. The summed E-state index contributed by atoms with van der Waals surface area (Å²) in [6.45, 7) is 7.74. The Bertz CT molecular complexity index is 494. The van der Waals surface area contributed by atoms with Crippen molar-refractivity contribution in [3.63, 3.8) is 0 Å². The molecule has 2 N–H and O–H groups in total. The Morgan fingerprint density at radius 3 is 2.52 bits per heavy atom. The maximum absolute atomic E-state index is 11.8. The third-order valence-corrected chi connectivity index (χ3v) is 3.66. The zero-order valence-electron chi connectivity index (χ0n) is 13.4. The number of benzene rings is 1. The molecule has 0 radical (unpaired) electrons. The van der Waals surface area contributed by atoms with Gasteiger partial charge in [0.2, 0.25) is 0 Å². The number of ether oxygens (including phenoxy) is 1. The lowest BCUT2D eigenvalue weighted by Crippen LogP contribution is -2.38. The molecule has 2 rings (SSSR count). The molecular weight excluding hydrogens is 264 g/mol. The van der Waals surface area contributed by atoms with Crippen LogP contribution in [0.1, 0.15) is 45.6 Å². The summed E-state index contributed by atoms with van der Waals surface area (Å²) in [4.78, 5) is 11.8. The molecule has 1 aromatic rings. The minimum Gasteiger partial charge on any atom is -0.444 e. The summed E-state index contributed by atoms with van der Waals surface area (Å²) in [5.41, 5.74) is 1.99. The first-order chi connectivity index (χ1) is 9.83. The van der Waals surface area contributed by atoms with Gasteiger partial charge in [0.15, 0.2) is 0 Å². The zero-order valence-corrected chi connectivity index (χ0v) is 13.4. The van der Waals surface area contributed by atoms with E-state index < -0.39 is 5.60 Å². The van der Waals surface area contributed by atoms with Crippen molar-refractivity contribution < 1.29 is 9.53 Å². The average Bonchev–Trinajstić information content (AvgIpc) is 2.77. The number of hydrogen-bond acceptors (Lipinski definition) is 3. The van der Waals surface area contributed by atoms with E-state index in [0.717, 1.165) is 19.3 Å². The molecule has 21 heavy (non-hydrogen) atoms. The van der Waals surface area contributed by atoms with Crippen LogP contribution >= 0.6 is 0 Å². The van der Waals surface area contributed by atoms with Crippen LogP contribution in [0.15, 0.2) is 24.3 Å². The van der Waals surface area contributed by atoms with Crippen molar-refractivity contribution in [3.05, 3.63) is 29.8 Å². The molecule has 2 unspecified atom stereocenters. The van der Waals surface area contributed by atoms with E-state index in [2.05, 4.69) is 29.7 Å². The number of para-hydroxylation sites is 1. The molecule has 4 heteroatoms. The Kier molecular flexibility index (Phi) is 4.76. The van der Waals surface area contributed by atoms with Gasteiger partial charge in [0.25, 0.3) is 0 Å². The number of carbonyl (C=O) groups is 1. The van der Waals surface area contributed by atoms with Crippen LogP contribution in [-0.4, -0.2) is 23.8 Å². The van der Waals surface area contributed by atoms with Gasteiger partial charge >= 0.3 is 6.09 Å². The van der Waals surface area contributed by atoms with E-state index in [4.69, 9.17) is 4.74 Å². The van der Waals surface area contributed by atoms with Gasteiger partial charge in [0.1, 0.15) is 5.60 Å². The highest BCUT2D eigenvalue weighted by Crippen LogP contribution is 2.25. The van der Waals surface area contributed by atoms with Gasteiger partial charge in [-0.3, -0.25) is 0 Å². The average molecular weight is 290 g/mol. The Morgan fingerprint density at radius 2 is 1.86 bits per heavy atom. The van der Waals surface area contributed by atoms with Crippen LogP contribution in [0.2, 0.25) is 0 Å². The first-order valence-electron chi connectivity index (χ1n) is 7.65. The molecule has 0 saturated heterocycles. The monoisotopic (exact) mass is 290 g/mol. The van der Waals surface area contributed by atoms with E-state index in [1.54, 1.807) is 0 Å². The SMILES string of the molecule is Cc1ccccc1NC1CCC(NC(=O)OC(C)(C)C)C1. The van der Waals surface area contributed by atoms with Gasteiger partial charge in [-0.05, 0) is 58.6 Å². The second kappa shape index (κ2) is 6.37. The number of carbonyl (C=O) groups excluding carboxylic acids is 1. The second-order valence-corrected chi connectivity index (χ2v) is 6.81. The molecule has 4 nitrogen and oxygen atoms in total. The minimum atomic E-state index is -0.443. The summed E-state index contributed by atoms with van der Waals surface area (Å²) in [5.74, 6) is 0. The van der Waals surface area contributed by atoms with Gasteiger partial charge in [0.05, 0.1) is 0 Å². The molecule has 1 fully saturated rings. The number of hydrogen-bond donors (Lipinski definition) is 2.